The minimum atomic E-state index is -2.47. The molecule has 1 aromatic rings. The molecule has 25 heteroatoms. The molecule has 3 amide bonds. The van der Waals surface area contributed by atoms with Gasteiger partial charge in [0.2, 0.25) is 11.8 Å². The summed E-state index contributed by atoms with van der Waals surface area (Å²) in [6, 6.07) is 4.88. The van der Waals surface area contributed by atoms with Crippen LogP contribution in [0.5, 0.6) is 0 Å². The van der Waals surface area contributed by atoms with Crippen LogP contribution >= 0.6 is 11.6 Å². The molecule has 1 aliphatic heterocycles. The number of rotatable bonds is 36. The predicted octanol–water partition coefficient (Wildman–Crippen LogP) is -0.244. The van der Waals surface area contributed by atoms with Gasteiger partial charge in [0, 0.05) is 45.7 Å². The fourth-order valence-electron chi connectivity index (χ4n) is 6.50. The lowest BCUT2D eigenvalue weighted by Crippen LogP contribution is -2.70. The summed E-state index contributed by atoms with van der Waals surface area (Å²) >= 11 is 5.97. The zero-order chi connectivity index (χ0) is 52.4. The van der Waals surface area contributed by atoms with Crippen LogP contribution in [0, 0.1) is 12.3 Å². The molecule has 6 atom stereocenters. The van der Waals surface area contributed by atoms with E-state index in [1.807, 2.05) is 0 Å². The Labute approximate surface area is 417 Å². The van der Waals surface area contributed by atoms with Gasteiger partial charge in [0.25, 0.3) is 11.7 Å². The topological polar surface area (TPSA) is 293 Å². The van der Waals surface area contributed by atoms with Gasteiger partial charge in [-0.15, -0.1) is 6.42 Å². The Morgan fingerprint density at radius 1 is 0.718 bits per heavy atom. The maximum absolute atomic E-state index is 13.7. The highest BCUT2D eigenvalue weighted by Gasteiger charge is 2.59. The van der Waals surface area contributed by atoms with Crippen molar-refractivity contribution in [2.75, 3.05) is 113 Å². The van der Waals surface area contributed by atoms with E-state index in [1.54, 1.807) is 24.3 Å². The second-order valence-corrected chi connectivity index (χ2v) is 15.6. The Bertz CT molecular complexity index is 1870. The van der Waals surface area contributed by atoms with Crippen molar-refractivity contribution < 1.29 is 99.9 Å². The van der Waals surface area contributed by atoms with Crippen molar-refractivity contribution in [3.8, 4) is 12.3 Å². The molecule has 0 unspecified atom stereocenters. The number of amides is 3. The van der Waals surface area contributed by atoms with E-state index < -0.39 is 97.5 Å². The number of terminal acetylenes is 1. The Morgan fingerprint density at radius 2 is 1.30 bits per heavy atom. The average molecular weight is 1030 g/mol. The molecule has 398 valence electrons. The quantitative estimate of drug-likeness (QED) is 0.0338. The van der Waals surface area contributed by atoms with E-state index in [0.29, 0.717) is 50.2 Å². The lowest BCUT2D eigenvalue weighted by atomic mass is 9.87. The van der Waals surface area contributed by atoms with Crippen LogP contribution in [0.25, 0.3) is 0 Å². The van der Waals surface area contributed by atoms with Crippen LogP contribution in [0.4, 0.5) is 0 Å². The van der Waals surface area contributed by atoms with Crippen molar-refractivity contribution >= 4 is 59.2 Å². The summed E-state index contributed by atoms with van der Waals surface area (Å²) in [6.07, 6.45) is -2.26. The van der Waals surface area contributed by atoms with Gasteiger partial charge in [-0.05, 0) is 17.7 Å². The maximum atomic E-state index is 13.7. The molecule has 0 radical (unpaired) electrons. The highest BCUT2D eigenvalue weighted by molar-refractivity contribution is 6.30. The SMILES string of the molecule is C#CCOCCOCCOCCOCCC(=O)NCCOCCOCCO[C@]1(C(=O)OC)C[C@H](OC(C)=O)[C@@H](NC(=O)COC(C)=O)[C@H]([C@H](OC(C)=O)[C@@H](CNC(=O)Cc2ccc(Cl)cc2)OC(C)=O)O1. The van der Waals surface area contributed by atoms with Crippen molar-refractivity contribution in [2.24, 2.45) is 0 Å². The van der Waals surface area contributed by atoms with Crippen molar-refractivity contribution in [3.63, 3.8) is 0 Å². The summed E-state index contributed by atoms with van der Waals surface area (Å²) in [4.78, 5) is 102. The van der Waals surface area contributed by atoms with Crippen LogP contribution in [0.3, 0.4) is 0 Å². The maximum Gasteiger partial charge on any atom is 0.366 e. The molecule has 0 aromatic heterocycles. The van der Waals surface area contributed by atoms with Gasteiger partial charge in [-0.25, -0.2) is 4.79 Å². The van der Waals surface area contributed by atoms with E-state index in [2.05, 4.69) is 21.9 Å². The lowest BCUT2D eigenvalue weighted by Gasteiger charge is -2.48. The first kappa shape index (κ1) is 61.6. The smallest absolute Gasteiger partial charge is 0.366 e. The van der Waals surface area contributed by atoms with Gasteiger partial charge >= 0.3 is 29.8 Å². The van der Waals surface area contributed by atoms with Crippen LogP contribution in [0.15, 0.2) is 24.3 Å². The molecule has 0 bridgehead atoms. The number of hydrogen-bond donors (Lipinski definition) is 3. The number of ether oxygens (including phenoxy) is 13. The van der Waals surface area contributed by atoms with Crippen molar-refractivity contribution in [1.29, 1.82) is 0 Å². The number of halogens is 1. The lowest BCUT2D eigenvalue weighted by molar-refractivity contribution is -0.315. The Hall–Kier alpha value is -5.49. The molecule has 1 fully saturated rings. The molecule has 0 saturated carbocycles. The van der Waals surface area contributed by atoms with Crippen LogP contribution in [-0.2, 0) is 106 Å². The normalized spacial score (nSPS) is 18.1. The van der Waals surface area contributed by atoms with Gasteiger partial charge in [0.15, 0.2) is 18.8 Å². The number of hydrogen-bond acceptors (Lipinski definition) is 21. The summed E-state index contributed by atoms with van der Waals surface area (Å²) < 4.78 is 71.5. The summed E-state index contributed by atoms with van der Waals surface area (Å²) in [5, 5.41) is 8.32. The number of carbonyl (C=O) groups excluding carboxylic acids is 8. The van der Waals surface area contributed by atoms with Crippen LogP contribution in [0.2, 0.25) is 5.02 Å². The first-order valence-electron chi connectivity index (χ1n) is 22.5. The molecule has 1 aliphatic rings. The van der Waals surface area contributed by atoms with E-state index in [9.17, 15) is 38.4 Å². The van der Waals surface area contributed by atoms with Gasteiger partial charge < -0.3 is 77.5 Å². The van der Waals surface area contributed by atoms with Gasteiger partial charge in [0.1, 0.15) is 18.8 Å². The molecule has 2 rings (SSSR count). The van der Waals surface area contributed by atoms with Gasteiger partial charge in [0.05, 0.1) is 112 Å². The van der Waals surface area contributed by atoms with Gasteiger partial charge in [-0.1, -0.05) is 29.7 Å². The molecule has 0 spiro atoms. The summed E-state index contributed by atoms with van der Waals surface area (Å²) in [5.41, 5.74) is 0.580. The number of esters is 5. The van der Waals surface area contributed by atoms with E-state index in [0.717, 1.165) is 34.8 Å². The number of nitrogens with one attached hydrogen (secondary N) is 3. The standard InChI is InChI=1S/C46H66ClN3O21/c1-7-14-60-17-20-63-23-24-64-21-18-61-15-12-39(55)48-13-16-62-19-22-65-25-26-67-46(45(58)59-6)28-37(68-32(3)52)42(50-41(57)30-66-31(2)51)44(71-46)43(70-34(5)54)38(69-33(4)53)29-49-40(56)27-35-8-10-36(47)11-9-35/h1,8-11,37-38,42-44H,12-30H2,2-6H3,(H,48,55)(H,49,56)(H,50,57)/t37-,38+,42+,43+,44+,46+/m0/s1. The highest BCUT2D eigenvalue weighted by Crippen LogP contribution is 2.37. The van der Waals surface area contributed by atoms with Crippen molar-refractivity contribution in [3.05, 3.63) is 34.9 Å². The molecule has 3 N–H and O–H groups in total. The summed E-state index contributed by atoms with van der Waals surface area (Å²) in [6.45, 7) is 5.52. The molecule has 24 nitrogen and oxygen atoms in total. The first-order valence-corrected chi connectivity index (χ1v) is 22.9. The molecule has 1 heterocycles. The van der Waals surface area contributed by atoms with E-state index >= 15 is 0 Å². The molecule has 1 aromatic carbocycles. The van der Waals surface area contributed by atoms with E-state index in [1.165, 1.54) is 0 Å². The molecule has 0 aliphatic carbocycles. The Kier molecular flexibility index (Phi) is 30.9. The van der Waals surface area contributed by atoms with E-state index in [4.69, 9.17) is 79.6 Å². The predicted molar refractivity (Wildman–Crippen MR) is 245 cm³/mol. The molecule has 1 saturated heterocycles. The molecular weight excluding hydrogens is 966 g/mol. The van der Waals surface area contributed by atoms with Crippen molar-refractivity contribution in [2.45, 2.75) is 83.2 Å². The number of carbonyl (C=O) groups is 8. The fraction of sp³-hybridized carbons (Fsp3) is 0.652. The van der Waals surface area contributed by atoms with Crippen LogP contribution in [-0.4, -0.2) is 197 Å². The zero-order valence-corrected chi connectivity index (χ0v) is 41.4. The summed E-state index contributed by atoms with van der Waals surface area (Å²) in [5.74, 6) is -6.56. The third kappa shape index (κ3) is 26.5. The van der Waals surface area contributed by atoms with Crippen LogP contribution in [0.1, 0.15) is 46.1 Å². The highest BCUT2D eigenvalue weighted by atomic mass is 35.5. The number of benzene rings is 1. The third-order valence-electron chi connectivity index (χ3n) is 9.47. The minimum absolute atomic E-state index is 0.0455. The zero-order valence-electron chi connectivity index (χ0n) is 40.7. The molecular formula is C46H66ClN3O21. The third-order valence-corrected chi connectivity index (χ3v) is 9.72. The first-order chi connectivity index (χ1) is 34.0. The number of methoxy groups -OCH3 is 1. The minimum Gasteiger partial charge on any atom is -0.465 e. The monoisotopic (exact) mass is 1030 g/mol. The van der Waals surface area contributed by atoms with Gasteiger partial charge in [-0.3, -0.25) is 33.6 Å². The van der Waals surface area contributed by atoms with Crippen LogP contribution < -0.4 is 16.0 Å². The average Bonchev–Trinajstić information content (AvgIpc) is 3.31. The molecule has 71 heavy (non-hydrogen) atoms. The second kappa shape index (κ2) is 35.6. The van der Waals surface area contributed by atoms with Crippen molar-refractivity contribution in [1.82, 2.24) is 16.0 Å². The largest absolute Gasteiger partial charge is 0.465 e. The van der Waals surface area contributed by atoms with Gasteiger partial charge in [-0.2, -0.15) is 0 Å². The summed E-state index contributed by atoms with van der Waals surface area (Å²) in [7, 11) is 1.02. The second-order valence-electron chi connectivity index (χ2n) is 15.1. The Balaban J connectivity index is 2.09. The Morgan fingerprint density at radius 3 is 1.86 bits per heavy atom. The fourth-order valence-corrected chi connectivity index (χ4v) is 6.62. The van der Waals surface area contributed by atoms with E-state index in [-0.39, 0.29) is 71.5 Å².